The lowest BCUT2D eigenvalue weighted by molar-refractivity contribution is -0.142. The lowest BCUT2D eigenvalue weighted by Crippen LogP contribution is -2.20. The maximum absolute atomic E-state index is 14.5. The second kappa shape index (κ2) is 35.9. The number of rotatable bonds is 29. The lowest BCUT2D eigenvalue weighted by atomic mass is 9.97. The molecule has 0 spiro atoms. The maximum Gasteiger partial charge on any atom is 0.337 e. The molecule has 0 aliphatic heterocycles. The van der Waals surface area contributed by atoms with E-state index in [-0.39, 0.29) is 77.0 Å². The van der Waals surface area contributed by atoms with Crippen LogP contribution in [0, 0.1) is 11.8 Å². The van der Waals surface area contributed by atoms with E-state index >= 15 is 0 Å². The molecule has 0 bridgehead atoms. The SMILES string of the molecule is CCC(=NOC(C)=O)C(=NOC(C)=O)c1ccc(-n2c3ccc(C(=O)c4ccc(OCCCOc5ccc(C(=O)c6ccc7c(c6)c6cc(C(=NOC(C)=O)C(C)C)ccc6n7-c6ccc(C(=NOC(C)=O)C(=NOC(C)=O)c7cccc(C(=O)OC)c7)cc6)cc5)cc4)cc3c3cc(C(=NOC(C)=O)C(C)C)ccc32)cc1. The van der Waals surface area contributed by atoms with Gasteiger partial charge in [-0.15, -0.1) is 0 Å². The van der Waals surface area contributed by atoms with E-state index in [4.69, 9.17) is 43.2 Å². The van der Waals surface area contributed by atoms with Gasteiger partial charge in [-0.1, -0.05) is 114 Å². The zero-order valence-corrected chi connectivity index (χ0v) is 63.9. The Labute approximate surface area is 648 Å². The third-order valence-corrected chi connectivity index (χ3v) is 17.6. The molecule has 0 amide bonds. The largest absolute Gasteiger partial charge is 0.493 e. The number of hydrogen-bond acceptors (Lipinski definition) is 24. The van der Waals surface area contributed by atoms with Crippen LogP contribution in [0.15, 0.2) is 225 Å². The standard InChI is InChI=1S/C87H78N8O18/c1-13-75(88-108-51(6)96)82(91-111-54(9)99)57-18-30-67(31-19-57)94-76-38-26-62(80(49(2)3)89-109-52(7)97)45-71(76)73-47-64(28-40-78(73)94)85(102)59-22-34-69(35-23-59)106-42-15-43-107-70-36-24-60(25-37-70)86(103)65-29-41-79-74(48-65)72-46-63(81(50(4)5)90-110-53(8)98)27-39-77(72)95(79)68-32-20-58(21-33-68)83(92-112-55(10)100)84(93-113-56(11)101)61-16-14-17-66(44-61)87(104)105-12/h14,16-41,44-50H,13,15,42-43H2,1-12H3. The number of carbonyl (C=O) groups is 9. The molecule has 11 rings (SSSR count). The molecule has 2 aromatic heterocycles. The number of esters is 1. The maximum atomic E-state index is 14.5. The van der Waals surface area contributed by atoms with Gasteiger partial charge in [0.05, 0.1) is 59.4 Å². The lowest BCUT2D eigenvalue weighted by Gasteiger charge is -2.13. The molecule has 0 aliphatic rings. The summed E-state index contributed by atoms with van der Waals surface area (Å²) >= 11 is 0. The number of ether oxygens (including phenoxy) is 3. The number of benzene rings is 9. The van der Waals surface area contributed by atoms with Crippen LogP contribution in [0.2, 0.25) is 0 Å². The van der Waals surface area contributed by atoms with Gasteiger partial charge in [-0.25, -0.2) is 33.6 Å². The van der Waals surface area contributed by atoms with Crippen LogP contribution in [-0.2, 0) is 62.5 Å². The molecule has 574 valence electrons. The summed E-state index contributed by atoms with van der Waals surface area (Å²) in [4.78, 5) is 144. The molecule has 26 heteroatoms. The average Bonchev–Trinajstić information content (AvgIpc) is 1.59. The summed E-state index contributed by atoms with van der Waals surface area (Å²) in [6.07, 6.45) is 0.782. The van der Waals surface area contributed by atoms with E-state index < -0.39 is 41.8 Å². The third kappa shape index (κ3) is 18.9. The number of fused-ring (bicyclic) bond motifs is 6. The highest BCUT2D eigenvalue weighted by Gasteiger charge is 2.26. The van der Waals surface area contributed by atoms with Gasteiger partial charge in [0.15, 0.2) is 11.6 Å². The van der Waals surface area contributed by atoms with E-state index in [1.54, 1.807) is 116 Å². The van der Waals surface area contributed by atoms with E-state index in [9.17, 15) is 43.2 Å². The first-order valence-electron chi connectivity index (χ1n) is 35.9. The highest BCUT2D eigenvalue weighted by atomic mass is 16.7. The number of hydrogen-bond donors (Lipinski definition) is 0. The summed E-state index contributed by atoms with van der Waals surface area (Å²) in [6, 6.07) is 56.6. The Morgan fingerprint density at radius 2 is 0.655 bits per heavy atom. The van der Waals surface area contributed by atoms with Crippen molar-refractivity contribution in [1.29, 1.82) is 0 Å². The molecule has 11 aromatic rings. The molecular formula is C87H78N8O18. The van der Waals surface area contributed by atoms with Crippen molar-refractivity contribution < 1.29 is 86.4 Å². The predicted octanol–water partition coefficient (Wildman–Crippen LogP) is 15.7. The van der Waals surface area contributed by atoms with Crippen molar-refractivity contribution in [2.75, 3.05) is 20.3 Å². The summed E-state index contributed by atoms with van der Waals surface area (Å²) in [7, 11) is 1.24. The van der Waals surface area contributed by atoms with Crippen LogP contribution in [0.4, 0.5) is 0 Å². The van der Waals surface area contributed by atoms with Gasteiger partial charge in [0.1, 0.15) is 34.3 Å². The van der Waals surface area contributed by atoms with Crippen molar-refractivity contribution in [1.82, 2.24) is 9.13 Å². The molecule has 0 saturated carbocycles. The number of methoxy groups -OCH3 is 1. The van der Waals surface area contributed by atoms with E-state index in [0.29, 0.717) is 84.9 Å². The van der Waals surface area contributed by atoms with Crippen LogP contribution in [0.1, 0.15) is 159 Å². The molecule has 0 fully saturated rings. The molecule has 113 heavy (non-hydrogen) atoms. The van der Waals surface area contributed by atoms with E-state index in [1.807, 2.05) is 110 Å². The van der Waals surface area contributed by atoms with Crippen LogP contribution in [-0.4, -0.2) is 117 Å². The number of nitrogens with zero attached hydrogens (tertiary/aromatic N) is 8. The first-order chi connectivity index (χ1) is 54.3. The first-order valence-corrected chi connectivity index (χ1v) is 35.9. The Morgan fingerprint density at radius 1 is 0.336 bits per heavy atom. The fraction of sp³-hybridized carbons (Fsp3) is 0.207. The molecule has 0 N–H and O–H groups in total. The minimum Gasteiger partial charge on any atom is -0.493 e. The molecule has 0 radical (unpaired) electrons. The van der Waals surface area contributed by atoms with Crippen molar-refractivity contribution in [2.45, 2.75) is 89.0 Å². The Hall–Kier alpha value is -14.2. The second-order valence-electron chi connectivity index (χ2n) is 26.5. The molecule has 2 heterocycles. The molecule has 9 aromatic carbocycles. The summed E-state index contributed by atoms with van der Waals surface area (Å²) in [5.41, 5.74) is 10.2. The molecule has 0 atom stereocenters. The van der Waals surface area contributed by atoms with Gasteiger partial charge in [-0.3, -0.25) is 9.59 Å². The van der Waals surface area contributed by atoms with Crippen molar-refractivity contribution in [2.24, 2.45) is 42.8 Å². The highest BCUT2D eigenvalue weighted by Crippen LogP contribution is 2.38. The van der Waals surface area contributed by atoms with Gasteiger partial charge >= 0.3 is 41.8 Å². The zero-order chi connectivity index (χ0) is 80.7. The van der Waals surface area contributed by atoms with Gasteiger partial charge in [0.25, 0.3) is 0 Å². The van der Waals surface area contributed by atoms with Gasteiger partial charge in [0.2, 0.25) is 0 Å². The van der Waals surface area contributed by atoms with Crippen molar-refractivity contribution >= 4 is 131 Å². The van der Waals surface area contributed by atoms with Crippen LogP contribution in [0.25, 0.3) is 55.0 Å². The van der Waals surface area contributed by atoms with E-state index in [0.717, 1.165) is 50.8 Å². The second-order valence-corrected chi connectivity index (χ2v) is 26.5. The summed E-state index contributed by atoms with van der Waals surface area (Å²) in [6.45, 7) is 17.4. The zero-order valence-electron chi connectivity index (χ0n) is 63.9. The molecule has 0 saturated heterocycles. The van der Waals surface area contributed by atoms with Gasteiger partial charge in [0, 0.05) is 131 Å². The van der Waals surface area contributed by atoms with Crippen LogP contribution in [0.5, 0.6) is 11.5 Å². The fourth-order valence-electron chi connectivity index (χ4n) is 12.5. The normalized spacial score (nSPS) is 12.3. The van der Waals surface area contributed by atoms with E-state index in [1.165, 1.54) is 53.9 Å². The van der Waals surface area contributed by atoms with Crippen molar-refractivity contribution in [3.63, 3.8) is 0 Å². The fourth-order valence-corrected chi connectivity index (χ4v) is 12.5. The van der Waals surface area contributed by atoms with Crippen molar-refractivity contribution in [3.8, 4) is 22.9 Å². The Balaban J connectivity index is 0.794. The Kier molecular flexibility index (Phi) is 25.4. The minimum absolute atomic E-state index is 0.0203. The monoisotopic (exact) mass is 1520 g/mol. The molecule has 0 unspecified atom stereocenters. The van der Waals surface area contributed by atoms with Gasteiger partial charge in [-0.05, 0) is 164 Å². The van der Waals surface area contributed by atoms with Crippen LogP contribution >= 0.6 is 0 Å². The number of aromatic nitrogens is 2. The summed E-state index contributed by atoms with van der Waals surface area (Å²) in [5, 5.41) is 27.7. The molecule has 26 nitrogen and oxygen atoms in total. The quantitative estimate of drug-likeness (QED) is 0.0105. The topological polar surface area (TPSA) is 321 Å². The first kappa shape index (κ1) is 79.9. The smallest absolute Gasteiger partial charge is 0.337 e. The summed E-state index contributed by atoms with van der Waals surface area (Å²) < 4.78 is 21.2. The third-order valence-electron chi connectivity index (χ3n) is 17.6. The summed E-state index contributed by atoms with van der Waals surface area (Å²) in [5.74, 6) is -4.29. The van der Waals surface area contributed by atoms with Crippen LogP contribution < -0.4 is 9.47 Å². The minimum atomic E-state index is -0.750. The number of oxime groups is 6. The Morgan fingerprint density at radius 3 is 1.03 bits per heavy atom. The average molecular weight is 1520 g/mol. The molecular weight excluding hydrogens is 1440 g/mol. The van der Waals surface area contributed by atoms with Crippen molar-refractivity contribution in [3.05, 3.63) is 250 Å². The van der Waals surface area contributed by atoms with E-state index in [2.05, 4.69) is 30.9 Å². The predicted molar refractivity (Wildman–Crippen MR) is 425 cm³/mol. The number of ketones is 2. The van der Waals surface area contributed by atoms with Gasteiger partial charge in [-0.2, -0.15) is 0 Å². The van der Waals surface area contributed by atoms with Gasteiger partial charge < -0.3 is 52.4 Å². The highest BCUT2D eigenvalue weighted by molar-refractivity contribution is 6.53. The molecule has 0 aliphatic carbocycles. The number of carbonyl (C=O) groups excluding carboxylic acids is 9. The Bertz CT molecular complexity index is 5770. The van der Waals surface area contributed by atoms with Crippen LogP contribution in [0.3, 0.4) is 0 Å².